The molecular formula is C24H27N7O4. The maximum Gasteiger partial charge on any atom is 0.404 e. The Hall–Kier alpha value is -4.28. The van der Waals surface area contributed by atoms with Gasteiger partial charge in [0.15, 0.2) is 0 Å². The maximum absolute atomic E-state index is 13.3. The summed E-state index contributed by atoms with van der Waals surface area (Å²) in [5, 5.41) is 14.5. The molecule has 0 spiro atoms. The van der Waals surface area contributed by atoms with Gasteiger partial charge in [-0.1, -0.05) is 30.3 Å². The molecule has 35 heavy (non-hydrogen) atoms. The number of nitrogens with one attached hydrogen (secondary N) is 2. The summed E-state index contributed by atoms with van der Waals surface area (Å²) in [6.07, 6.45) is 7.96. The first kappa shape index (κ1) is 23.9. The molecule has 1 fully saturated rings. The van der Waals surface area contributed by atoms with Crippen molar-refractivity contribution in [2.75, 3.05) is 12.0 Å². The fraction of sp³-hybridized carbons (Fsp3) is 0.333. The average molecular weight is 478 g/mol. The van der Waals surface area contributed by atoms with Gasteiger partial charge < -0.3 is 20.5 Å². The van der Waals surface area contributed by atoms with E-state index in [0.29, 0.717) is 37.8 Å². The number of amides is 3. The number of nitrogens with zero attached hydrogens (tertiary/aromatic N) is 5. The van der Waals surface area contributed by atoms with Crippen LogP contribution in [0.25, 0.3) is 11.1 Å². The molecule has 182 valence electrons. The molecule has 0 saturated heterocycles. The van der Waals surface area contributed by atoms with Crippen molar-refractivity contribution in [1.82, 2.24) is 30.6 Å². The molecule has 2 heterocycles. The monoisotopic (exact) mass is 477 g/mol. The Kier molecular flexibility index (Phi) is 7.66. The van der Waals surface area contributed by atoms with Crippen molar-refractivity contribution in [3.05, 3.63) is 60.7 Å². The van der Waals surface area contributed by atoms with E-state index in [2.05, 4.69) is 30.6 Å². The summed E-state index contributed by atoms with van der Waals surface area (Å²) < 4.78 is 4.99. The van der Waals surface area contributed by atoms with Gasteiger partial charge in [0.1, 0.15) is 0 Å². The van der Waals surface area contributed by atoms with Gasteiger partial charge in [0.2, 0.25) is 5.95 Å². The Morgan fingerprint density at radius 1 is 0.971 bits per heavy atom. The van der Waals surface area contributed by atoms with E-state index in [-0.39, 0.29) is 30.1 Å². The normalized spacial score (nSPS) is 17.3. The molecule has 1 aliphatic carbocycles. The zero-order valence-electron chi connectivity index (χ0n) is 19.3. The Balaban J connectivity index is 1.52. The minimum atomic E-state index is -1.03. The Labute approximate surface area is 202 Å². The van der Waals surface area contributed by atoms with Crippen LogP contribution in [0.5, 0.6) is 6.01 Å². The predicted molar refractivity (Wildman–Crippen MR) is 128 cm³/mol. The number of anilines is 1. The molecule has 3 N–H and O–H groups in total. The standard InChI is InChI=1S/C24H27N7O4/c1-35-22-27-14-18(15-28-22)17-12-25-21(26-13-17)31(20-9-7-19(8-10-20)30-24(33)34)23(32)29-11-16-5-3-2-4-6-16/h2-6,12-15,19-20,30H,7-11H2,1H3,(H,29,32)(H,33,34). The number of ether oxygens (including phenoxy) is 1. The first-order valence-corrected chi connectivity index (χ1v) is 11.3. The van der Waals surface area contributed by atoms with E-state index in [9.17, 15) is 9.59 Å². The second kappa shape index (κ2) is 11.2. The highest BCUT2D eigenvalue weighted by atomic mass is 16.5. The number of benzene rings is 1. The minimum Gasteiger partial charge on any atom is -0.467 e. The van der Waals surface area contributed by atoms with E-state index in [4.69, 9.17) is 9.84 Å². The number of carbonyl (C=O) groups is 2. The van der Waals surface area contributed by atoms with Gasteiger partial charge in [0.25, 0.3) is 0 Å². The quantitative estimate of drug-likeness (QED) is 0.471. The molecule has 11 nitrogen and oxygen atoms in total. The summed E-state index contributed by atoms with van der Waals surface area (Å²) in [5.41, 5.74) is 2.40. The van der Waals surface area contributed by atoms with Crippen molar-refractivity contribution >= 4 is 18.1 Å². The van der Waals surface area contributed by atoms with Gasteiger partial charge in [0.05, 0.1) is 7.11 Å². The summed E-state index contributed by atoms with van der Waals surface area (Å²) in [7, 11) is 1.50. The van der Waals surface area contributed by atoms with Crippen LogP contribution in [0.15, 0.2) is 55.1 Å². The van der Waals surface area contributed by atoms with Crippen LogP contribution < -0.4 is 20.3 Å². The van der Waals surface area contributed by atoms with Crippen LogP contribution in [-0.2, 0) is 6.54 Å². The van der Waals surface area contributed by atoms with E-state index in [1.54, 1.807) is 29.7 Å². The van der Waals surface area contributed by atoms with Gasteiger partial charge in [-0.3, -0.25) is 4.90 Å². The summed E-state index contributed by atoms with van der Waals surface area (Å²) in [5.74, 6) is 0.281. The van der Waals surface area contributed by atoms with Crippen LogP contribution in [-0.4, -0.2) is 56.4 Å². The topological polar surface area (TPSA) is 142 Å². The van der Waals surface area contributed by atoms with Crippen molar-refractivity contribution in [2.24, 2.45) is 0 Å². The second-order valence-electron chi connectivity index (χ2n) is 8.20. The smallest absolute Gasteiger partial charge is 0.404 e. The highest BCUT2D eigenvalue weighted by Crippen LogP contribution is 2.27. The first-order chi connectivity index (χ1) is 17.0. The summed E-state index contributed by atoms with van der Waals surface area (Å²) in [4.78, 5) is 43.0. The van der Waals surface area contributed by atoms with E-state index in [1.807, 2.05) is 30.3 Å². The molecule has 0 bridgehead atoms. The van der Waals surface area contributed by atoms with Crippen LogP contribution in [0.3, 0.4) is 0 Å². The highest BCUT2D eigenvalue weighted by Gasteiger charge is 2.32. The van der Waals surface area contributed by atoms with E-state index >= 15 is 0 Å². The van der Waals surface area contributed by atoms with Gasteiger partial charge >= 0.3 is 18.1 Å². The molecule has 0 unspecified atom stereocenters. The molecule has 4 rings (SSSR count). The molecule has 0 atom stereocenters. The van der Waals surface area contributed by atoms with Crippen LogP contribution in [0.2, 0.25) is 0 Å². The Morgan fingerprint density at radius 2 is 1.57 bits per heavy atom. The van der Waals surface area contributed by atoms with E-state index in [0.717, 1.165) is 11.1 Å². The summed E-state index contributed by atoms with van der Waals surface area (Å²) in [6.45, 7) is 0.368. The first-order valence-electron chi connectivity index (χ1n) is 11.3. The lowest BCUT2D eigenvalue weighted by Gasteiger charge is -2.35. The van der Waals surface area contributed by atoms with E-state index < -0.39 is 6.09 Å². The number of urea groups is 1. The third-order valence-corrected chi connectivity index (χ3v) is 5.89. The van der Waals surface area contributed by atoms with Gasteiger partial charge in [-0.05, 0) is 31.2 Å². The molecule has 2 aromatic heterocycles. The van der Waals surface area contributed by atoms with Crippen molar-refractivity contribution in [1.29, 1.82) is 0 Å². The minimum absolute atomic E-state index is 0.128. The largest absolute Gasteiger partial charge is 0.467 e. The third-order valence-electron chi connectivity index (χ3n) is 5.89. The number of carboxylic acid groups (broad SMARTS) is 1. The van der Waals surface area contributed by atoms with Crippen molar-refractivity contribution in [3.8, 4) is 17.1 Å². The molecule has 0 radical (unpaired) electrons. The second-order valence-corrected chi connectivity index (χ2v) is 8.20. The fourth-order valence-electron chi connectivity index (χ4n) is 4.10. The van der Waals surface area contributed by atoms with Crippen molar-refractivity contribution in [3.63, 3.8) is 0 Å². The number of hydrogen-bond donors (Lipinski definition) is 3. The summed E-state index contributed by atoms with van der Waals surface area (Å²) >= 11 is 0. The fourth-order valence-corrected chi connectivity index (χ4v) is 4.10. The molecule has 11 heteroatoms. The highest BCUT2D eigenvalue weighted by molar-refractivity contribution is 5.90. The van der Waals surface area contributed by atoms with Crippen LogP contribution in [0.4, 0.5) is 15.5 Å². The van der Waals surface area contributed by atoms with Gasteiger partial charge in [0, 0.05) is 54.5 Å². The SMILES string of the molecule is COc1ncc(-c2cnc(N(C(=O)NCc3ccccc3)C3CCC(NC(=O)O)CC3)nc2)cn1. The molecule has 1 saturated carbocycles. The molecule has 1 aliphatic rings. The lowest BCUT2D eigenvalue weighted by atomic mass is 9.90. The van der Waals surface area contributed by atoms with Crippen molar-refractivity contribution < 1.29 is 19.4 Å². The number of aromatic nitrogens is 4. The number of methoxy groups -OCH3 is 1. The third kappa shape index (κ3) is 6.19. The molecule has 0 aliphatic heterocycles. The lowest BCUT2D eigenvalue weighted by Crippen LogP contribution is -2.50. The van der Waals surface area contributed by atoms with Gasteiger partial charge in [-0.2, -0.15) is 0 Å². The van der Waals surface area contributed by atoms with Crippen LogP contribution in [0, 0.1) is 0 Å². The number of rotatable bonds is 7. The summed E-state index contributed by atoms with van der Waals surface area (Å²) in [6, 6.07) is 9.31. The lowest BCUT2D eigenvalue weighted by molar-refractivity contribution is 0.184. The van der Waals surface area contributed by atoms with E-state index in [1.165, 1.54) is 7.11 Å². The predicted octanol–water partition coefficient (Wildman–Crippen LogP) is 3.24. The molecule has 1 aromatic carbocycles. The average Bonchev–Trinajstić information content (AvgIpc) is 2.89. The molecular weight excluding hydrogens is 450 g/mol. The van der Waals surface area contributed by atoms with Gasteiger partial charge in [-0.25, -0.2) is 29.5 Å². The zero-order chi connectivity index (χ0) is 24.6. The molecule has 3 aromatic rings. The maximum atomic E-state index is 13.3. The number of hydrogen-bond acceptors (Lipinski definition) is 7. The Morgan fingerprint density at radius 3 is 2.14 bits per heavy atom. The number of carbonyl (C=O) groups excluding carboxylic acids is 1. The molecule has 3 amide bonds. The van der Waals surface area contributed by atoms with Crippen LogP contribution >= 0.6 is 0 Å². The zero-order valence-corrected chi connectivity index (χ0v) is 19.3. The van der Waals surface area contributed by atoms with Crippen molar-refractivity contribution in [2.45, 2.75) is 44.3 Å². The van der Waals surface area contributed by atoms with Crippen LogP contribution in [0.1, 0.15) is 31.2 Å². The Bertz CT molecular complexity index is 1120. The van der Waals surface area contributed by atoms with Gasteiger partial charge in [-0.15, -0.1) is 0 Å².